The molecule has 0 heterocycles. The van der Waals surface area contributed by atoms with Crippen LogP contribution in [0.3, 0.4) is 0 Å². The molecule has 1 rings (SSSR count). The normalized spacial score (nSPS) is 10.1. The van der Waals surface area contributed by atoms with Crippen LogP contribution in [0.25, 0.3) is 0 Å². The van der Waals surface area contributed by atoms with Crippen molar-refractivity contribution in [2.75, 3.05) is 13.6 Å². The van der Waals surface area contributed by atoms with E-state index in [1.807, 2.05) is 7.05 Å². The van der Waals surface area contributed by atoms with E-state index in [1.54, 1.807) is 6.07 Å². The first-order chi connectivity index (χ1) is 6.65. The lowest BCUT2D eigenvalue weighted by Gasteiger charge is -2.03. The number of rotatable bonds is 4. The molecule has 0 amide bonds. The van der Waals surface area contributed by atoms with E-state index in [0.717, 1.165) is 12.1 Å². The van der Waals surface area contributed by atoms with E-state index in [9.17, 15) is 9.18 Å². The van der Waals surface area contributed by atoms with Crippen LogP contribution in [0.2, 0.25) is 0 Å². The maximum absolute atomic E-state index is 12.9. The van der Waals surface area contributed by atoms with Gasteiger partial charge in [-0.1, -0.05) is 6.07 Å². The molecule has 4 heteroatoms. The van der Waals surface area contributed by atoms with Gasteiger partial charge in [0.1, 0.15) is 5.82 Å². The summed E-state index contributed by atoms with van der Waals surface area (Å²) in [4.78, 5) is 10.6. The summed E-state index contributed by atoms with van der Waals surface area (Å²) < 4.78 is 12.9. The second-order valence-corrected chi connectivity index (χ2v) is 2.97. The van der Waals surface area contributed by atoms with Gasteiger partial charge in [-0.05, 0) is 37.7 Å². The fourth-order valence-electron chi connectivity index (χ4n) is 1.16. The van der Waals surface area contributed by atoms with Gasteiger partial charge in [0, 0.05) is 0 Å². The molecule has 2 N–H and O–H groups in total. The quantitative estimate of drug-likeness (QED) is 0.764. The van der Waals surface area contributed by atoms with E-state index in [-0.39, 0.29) is 5.56 Å². The minimum absolute atomic E-state index is 0.265. The van der Waals surface area contributed by atoms with E-state index in [1.165, 1.54) is 12.1 Å². The molecule has 76 valence electrons. The van der Waals surface area contributed by atoms with Crippen LogP contribution in [0.15, 0.2) is 18.2 Å². The van der Waals surface area contributed by atoms with Gasteiger partial charge in [-0.3, -0.25) is 0 Å². The number of likely N-dealkylation sites (N-methyl/N-ethyl adjacent to an activating group) is 1. The predicted molar refractivity (Wildman–Crippen MR) is 51.0 cm³/mol. The number of carboxylic acid groups (broad SMARTS) is 1. The number of halogens is 1. The van der Waals surface area contributed by atoms with Gasteiger partial charge in [-0.15, -0.1) is 0 Å². The molecule has 0 saturated heterocycles. The van der Waals surface area contributed by atoms with E-state index in [0.29, 0.717) is 6.42 Å². The summed E-state index contributed by atoms with van der Waals surface area (Å²) >= 11 is 0. The Bertz CT molecular complexity index is 339. The van der Waals surface area contributed by atoms with Crippen molar-refractivity contribution in [2.24, 2.45) is 0 Å². The number of hydrogen-bond donors (Lipinski definition) is 2. The molecule has 0 spiro atoms. The zero-order valence-electron chi connectivity index (χ0n) is 7.88. The SMILES string of the molecule is CNCCc1ccc(F)c(C(=O)O)c1. The molecule has 1 aromatic carbocycles. The molecule has 0 bridgehead atoms. The van der Waals surface area contributed by atoms with E-state index in [4.69, 9.17) is 5.11 Å². The summed E-state index contributed by atoms with van der Waals surface area (Å²) in [6.45, 7) is 0.741. The molecule has 0 fully saturated rings. The van der Waals surface area contributed by atoms with Crippen molar-refractivity contribution in [3.05, 3.63) is 35.1 Å². The number of aromatic carboxylic acids is 1. The zero-order valence-corrected chi connectivity index (χ0v) is 7.88. The van der Waals surface area contributed by atoms with E-state index < -0.39 is 11.8 Å². The zero-order chi connectivity index (χ0) is 10.6. The highest BCUT2D eigenvalue weighted by molar-refractivity contribution is 5.88. The van der Waals surface area contributed by atoms with Gasteiger partial charge in [0.15, 0.2) is 0 Å². The predicted octanol–water partition coefficient (Wildman–Crippen LogP) is 1.29. The van der Waals surface area contributed by atoms with Gasteiger partial charge in [-0.25, -0.2) is 9.18 Å². The highest BCUT2D eigenvalue weighted by Gasteiger charge is 2.10. The topological polar surface area (TPSA) is 49.3 Å². The molecule has 0 radical (unpaired) electrons. The summed E-state index contributed by atoms with van der Waals surface area (Å²) in [6, 6.07) is 4.16. The molecular formula is C10H12FNO2. The molecule has 14 heavy (non-hydrogen) atoms. The third-order valence-electron chi connectivity index (χ3n) is 1.92. The molecule has 1 aromatic rings. The maximum Gasteiger partial charge on any atom is 0.338 e. The fraction of sp³-hybridized carbons (Fsp3) is 0.300. The second-order valence-electron chi connectivity index (χ2n) is 2.97. The van der Waals surface area contributed by atoms with Crippen molar-refractivity contribution in [1.29, 1.82) is 0 Å². The van der Waals surface area contributed by atoms with Gasteiger partial charge in [0.2, 0.25) is 0 Å². The van der Waals surface area contributed by atoms with Crippen LogP contribution in [0.4, 0.5) is 4.39 Å². The standard InChI is InChI=1S/C10H12FNO2/c1-12-5-4-7-2-3-9(11)8(6-7)10(13)14/h2-3,6,12H,4-5H2,1H3,(H,13,14). The van der Waals surface area contributed by atoms with Crippen LogP contribution in [-0.2, 0) is 6.42 Å². The van der Waals surface area contributed by atoms with Crippen molar-refractivity contribution in [3.63, 3.8) is 0 Å². The third-order valence-corrected chi connectivity index (χ3v) is 1.92. The first kappa shape index (κ1) is 10.7. The van der Waals surface area contributed by atoms with Crippen LogP contribution in [0.1, 0.15) is 15.9 Å². The van der Waals surface area contributed by atoms with Gasteiger partial charge >= 0.3 is 5.97 Å². The number of hydrogen-bond acceptors (Lipinski definition) is 2. The van der Waals surface area contributed by atoms with Crippen LogP contribution in [-0.4, -0.2) is 24.7 Å². The van der Waals surface area contributed by atoms with Crippen LogP contribution >= 0.6 is 0 Å². The summed E-state index contributed by atoms with van der Waals surface area (Å²) in [7, 11) is 1.81. The summed E-state index contributed by atoms with van der Waals surface area (Å²) in [5, 5.41) is 11.6. The molecular weight excluding hydrogens is 185 g/mol. The minimum Gasteiger partial charge on any atom is -0.478 e. The minimum atomic E-state index is -1.23. The highest BCUT2D eigenvalue weighted by atomic mass is 19.1. The van der Waals surface area contributed by atoms with Crippen molar-refractivity contribution in [1.82, 2.24) is 5.32 Å². The van der Waals surface area contributed by atoms with Crippen molar-refractivity contribution >= 4 is 5.97 Å². The van der Waals surface area contributed by atoms with Gasteiger partial charge < -0.3 is 10.4 Å². The van der Waals surface area contributed by atoms with Crippen LogP contribution < -0.4 is 5.32 Å². The Morgan fingerprint density at radius 1 is 1.57 bits per heavy atom. The number of carboxylic acids is 1. The van der Waals surface area contributed by atoms with Gasteiger partial charge in [0.25, 0.3) is 0 Å². The molecule has 0 aliphatic rings. The summed E-state index contributed by atoms with van der Waals surface area (Å²) in [5.74, 6) is -1.92. The Hall–Kier alpha value is -1.42. The largest absolute Gasteiger partial charge is 0.478 e. The Morgan fingerprint density at radius 2 is 2.29 bits per heavy atom. The lowest BCUT2D eigenvalue weighted by Crippen LogP contribution is -2.11. The summed E-state index contributed by atoms with van der Waals surface area (Å²) in [5.41, 5.74) is 0.553. The maximum atomic E-state index is 12.9. The van der Waals surface area contributed by atoms with Gasteiger partial charge in [-0.2, -0.15) is 0 Å². The van der Waals surface area contributed by atoms with Crippen molar-refractivity contribution in [3.8, 4) is 0 Å². The number of benzene rings is 1. The van der Waals surface area contributed by atoms with Gasteiger partial charge in [0.05, 0.1) is 5.56 Å². The Morgan fingerprint density at radius 3 is 2.86 bits per heavy atom. The highest BCUT2D eigenvalue weighted by Crippen LogP contribution is 2.10. The van der Waals surface area contributed by atoms with Crippen LogP contribution in [0, 0.1) is 5.82 Å². The molecule has 0 aliphatic heterocycles. The molecule has 0 aliphatic carbocycles. The monoisotopic (exact) mass is 197 g/mol. The molecule has 0 saturated carbocycles. The molecule has 3 nitrogen and oxygen atoms in total. The average Bonchev–Trinajstić information content (AvgIpc) is 2.16. The molecule has 0 aromatic heterocycles. The number of carbonyl (C=O) groups is 1. The Labute approximate surface area is 81.6 Å². The first-order valence-corrected chi connectivity index (χ1v) is 4.31. The van der Waals surface area contributed by atoms with Crippen molar-refractivity contribution < 1.29 is 14.3 Å². The smallest absolute Gasteiger partial charge is 0.338 e. The summed E-state index contributed by atoms with van der Waals surface area (Å²) in [6.07, 6.45) is 0.692. The molecule has 0 atom stereocenters. The average molecular weight is 197 g/mol. The van der Waals surface area contributed by atoms with E-state index in [2.05, 4.69) is 5.32 Å². The Kier molecular flexibility index (Phi) is 3.59. The van der Waals surface area contributed by atoms with Crippen molar-refractivity contribution in [2.45, 2.75) is 6.42 Å². The second kappa shape index (κ2) is 4.72. The lowest BCUT2D eigenvalue weighted by atomic mass is 10.1. The lowest BCUT2D eigenvalue weighted by molar-refractivity contribution is 0.0692. The Balaban J connectivity index is 2.89. The van der Waals surface area contributed by atoms with E-state index >= 15 is 0 Å². The first-order valence-electron chi connectivity index (χ1n) is 4.31. The number of nitrogens with one attached hydrogen (secondary N) is 1. The molecule has 0 unspecified atom stereocenters. The third kappa shape index (κ3) is 2.53. The van der Waals surface area contributed by atoms with Crippen LogP contribution in [0.5, 0.6) is 0 Å². The fourth-order valence-corrected chi connectivity index (χ4v) is 1.16.